The highest BCUT2D eigenvalue weighted by molar-refractivity contribution is 5.39. The van der Waals surface area contributed by atoms with Crippen molar-refractivity contribution in [1.82, 2.24) is 0 Å². The van der Waals surface area contributed by atoms with Crippen molar-refractivity contribution < 1.29 is 9.47 Å². The van der Waals surface area contributed by atoms with Crippen LogP contribution in [0.3, 0.4) is 0 Å². The molecule has 140 valence electrons. The molecule has 0 heterocycles. The van der Waals surface area contributed by atoms with Crippen molar-refractivity contribution in [2.75, 3.05) is 7.11 Å². The maximum absolute atomic E-state index is 5.98. The van der Waals surface area contributed by atoms with Crippen molar-refractivity contribution in [3.05, 3.63) is 29.3 Å². The van der Waals surface area contributed by atoms with E-state index in [1.54, 1.807) is 7.11 Å². The van der Waals surface area contributed by atoms with Gasteiger partial charge in [-0.1, -0.05) is 79.4 Å². The fourth-order valence-electron chi connectivity index (χ4n) is 2.77. The van der Waals surface area contributed by atoms with E-state index in [0.717, 1.165) is 18.6 Å². The zero-order valence-corrected chi connectivity index (χ0v) is 17.4. The minimum Gasteiger partial charge on any atom is -0.465 e. The van der Waals surface area contributed by atoms with Gasteiger partial charge in [-0.15, -0.1) is 0 Å². The largest absolute Gasteiger partial charge is 0.465 e. The van der Waals surface area contributed by atoms with Gasteiger partial charge < -0.3 is 9.47 Å². The third-order valence-electron chi connectivity index (χ3n) is 4.41. The van der Waals surface area contributed by atoms with Crippen molar-refractivity contribution in [3.8, 4) is 5.75 Å². The summed E-state index contributed by atoms with van der Waals surface area (Å²) in [6.07, 6.45) is 6.95. The van der Waals surface area contributed by atoms with Crippen molar-refractivity contribution in [3.63, 3.8) is 0 Å². The van der Waals surface area contributed by atoms with Gasteiger partial charge in [0.25, 0.3) is 0 Å². The van der Waals surface area contributed by atoms with Crippen molar-refractivity contribution in [1.29, 1.82) is 0 Å². The Bertz CT molecular complexity index is 438. The standard InChI is InChI=1S/C20H34O2.C2H6/c1-7-9-10-14-20(4,5)17-12-13-18(16(3)15-17)22-19(21-6)11-8-2;1-2/h12-13,15,19H,7-11,14H2,1-6H3;1-2H3. The molecule has 0 saturated carbocycles. The molecule has 0 aliphatic rings. The van der Waals surface area contributed by atoms with Crippen molar-refractivity contribution >= 4 is 0 Å². The number of ether oxygens (including phenoxy) is 2. The van der Waals surface area contributed by atoms with Gasteiger partial charge in [0.15, 0.2) is 6.29 Å². The fourth-order valence-corrected chi connectivity index (χ4v) is 2.77. The summed E-state index contributed by atoms with van der Waals surface area (Å²) in [5, 5.41) is 0. The molecule has 1 aromatic rings. The van der Waals surface area contributed by atoms with E-state index in [9.17, 15) is 0 Å². The summed E-state index contributed by atoms with van der Waals surface area (Å²) in [4.78, 5) is 0. The van der Waals surface area contributed by atoms with Crippen LogP contribution in [0.5, 0.6) is 5.75 Å². The average Bonchev–Trinajstić information content (AvgIpc) is 2.57. The zero-order valence-electron chi connectivity index (χ0n) is 17.4. The van der Waals surface area contributed by atoms with E-state index < -0.39 is 0 Å². The fraction of sp³-hybridized carbons (Fsp3) is 0.727. The zero-order chi connectivity index (χ0) is 18.6. The molecule has 0 aliphatic carbocycles. The van der Waals surface area contributed by atoms with Crippen LogP contribution in [0.15, 0.2) is 18.2 Å². The van der Waals surface area contributed by atoms with E-state index in [1.807, 2.05) is 13.8 Å². The van der Waals surface area contributed by atoms with Crippen LogP contribution in [-0.2, 0) is 10.2 Å². The molecule has 2 heteroatoms. The first-order valence-electron chi connectivity index (χ1n) is 9.75. The molecule has 0 aliphatic heterocycles. The topological polar surface area (TPSA) is 18.5 Å². The first-order chi connectivity index (χ1) is 11.4. The molecule has 0 N–H and O–H groups in total. The normalized spacial score (nSPS) is 12.3. The van der Waals surface area contributed by atoms with Crippen LogP contribution in [0.25, 0.3) is 0 Å². The van der Waals surface area contributed by atoms with E-state index in [2.05, 4.69) is 52.8 Å². The van der Waals surface area contributed by atoms with E-state index in [-0.39, 0.29) is 11.7 Å². The average molecular weight is 337 g/mol. The lowest BCUT2D eigenvalue weighted by Crippen LogP contribution is -2.20. The first-order valence-corrected chi connectivity index (χ1v) is 9.75. The smallest absolute Gasteiger partial charge is 0.199 e. The quantitative estimate of drug-likeness (QED) is 0.337. The number of methoxy groups -OCH3 is 1. The summed E-state index contributed by atoms with van der Waals surface area (Å²) < 4.78 is 11.4. The van der Waals surface area contributed by atoms with Gasteiger partial charge in [-0.3, -0.25) is 0 Å². The van der Waals surface area contributed by atoms with Gasteiger partial charge in [0.05, 0.1) is 0 Å². The van der Waals surface area contributed by atoms with Crippen LogP contribution < -0.4 is 4.74 Å². The molecule has 0 spiro atoms. The first kappa shape index (κ1) is 23.0. The highest BCUT2D eigenvalue weighted by atomic mass is 16.7. The van der Waals surface area contributed by atoms with Gasteiger partial charge in [-0.25, -0.2) is 0 Å². The highest BCUT2D eigenvalue weighted by Crippen LogP contribution is 2.32. The van der Waals surface area contributed by atoms with E-state index in [1.165, 1.54) is 36.8 Å². The van der Waals surface area contributed by atoms with Gasteiger partial charge in [0, 0.05) is 13.5 Å². The number of hydrogen-bond acceptors (Lipinski definition) is 2. The predicted octanol–water partition coefficient (Wildman–Crippen LogP) is 7.03. The Labute approximate surface area is 151 Å². The Morgan fingerprint density at radius 3 is 2.21 bits per heavy atom. The molecule has 0 aromatic heterocycles. The molecular formula is C22H40O2. The van der Waals surface area contributed by atoms with Crippen LogP contribution in [0.4, 0.5) is 0 Å². The van der Waals surface area contributed by atoms with Gasteiger partial charge in [-0.05, 0) is 36.0 Å². The van der Waals surface area contributed by atoms with Crippen molar-refractivity contribution in [2.45, 2.75) is 98.7 Å². The third kappa shape index (κ3) is 7.70. The van der Waals surface area contributed by atoms with E-state index in [4.69, 9.17) is 9.47 Å². The van der Waals surface area contributed by atoms with E-state index >= 15 is 0 Å². The second kappa shape index (κ2) is 12.4. The molecule has 0 bridgehead atoms. The van der Waals surface area contributed by atoms with Gasteiger partial charge in [0.1, 0.15) is 5.75 Å². The number of aryl methyl sites for hydroxylation is 1. The molecule has 2 nitrogen and oxygen atoms in total. The Morgan fingerprint density at radius 2 is 1.71 bits per heavy atom. The van der Waals surface area contributed by atoms with Crippen LogP contribution in [0.2, 0.25) is 0 Å². The van der Waals surface area contributed by atoms with Crippen LogP contribution in [-0.4, -0.2) is 13.4 Å². The highest BCUT2D eigenvalue weighted by Gasteiger charge is 2.21. The van der Waals surface area contributed by atoms with E-state index in [0.29, 0.717) is 0 Å². The van der Waals surface area contributed by atoms with Crippen LogP contribution >= 0.6 is 0 Å². The van der Waals surface area contributed by atoms with Gasteiger partial charge in [-0.2, -0.15) is 0 Å². The SMILES string of the molecule is CC.CCCCCC(C)(C)c1ccc(OC(CCC)OC)c(C)c1. The minimum absolute atomic E-state index is 0.146. The summed E-state index contributed by atoms with van der Waals surface area (Å²) in [7, 11) is 1.71. The predicted molar refractivity (Wildman–Crippen MR) is 106 cm³/mol. The monoisotopic (exact) mass is 336 g/mol. The summed E-state index contributed by atoms with van der Waals surface area (Å²) in [6, 6.07) is 6.60. The lowest BCUT2D eigenvalue weighted by molar-refractivity contribution is -0.0587. The van der Waals surface area contributed by atoms with Crippen LogP contribution in [0.1, 0.15) is 91.2 Å². The Balaban J connectivity index is 0.00000254. The number of unbranched alkanes of at least 4 members (excludes halogenated alkanes) is 2. The molecule has 0 saturated heterocycles. The molecule has 24 heavy (non-hydrogen) atoms. The Morgan fingerprint density at radius 1 is 1.04 bits per heavy atom. The molecule has 1 unspecified atom stereocenters. The maximum atomic E-state index is 5.98. The van der Waals surface area contributed by atoms with Crippen molar-refractivity contribution in [2.24, 2.45) is 0 Å². The second-order valence-electron chi connectivity index (χ2n) is 6.89. The molecular weight excluding hydrogens is 296 g/mol. The summed E-state index contributed by atoms with van der Waals surface area (Å²) in [5.74, 6) is 0.938. The molecule has 0 amide bonds. The molecule has 0 fully saturated rings. The maximum Gasteiger partial charge on any atom is 0.199 e. The molecule has 1 rings (SSSR count). The molecule has 0 radical (unpaired) electrons. The number of hydrogen-bond donors (Lipinski definition) is 0. The second-order valence-corrected chi connectivity index (χ2v) is 6.89. The summed E-state index contributed by atoms with van der Waals surface area (Å²) in [5.41, 5.74) is 2.82. The Hall–Kier alpha value is -1.02. The Kier molecular flexibility index (Phi) is 11.8. The molecule has 1 aromatic carbocycles. The molecule has 1 atom stereocenters. The third-order valence-corrected chi connectivity index (χ3v) is 4.41. The number of benzene rings is 1. The van der Waals surface area contributed by atoms with Crippen LogP contribution in [0, 0.1) is 6.92 Å². The summed E-state index contributed by atoms with van der Waals surface area (Å²) in [6.45, 7) is 15.2. The lowest BCUT2D eigenvalue weighted by Gasteiger charge is -2.27. The number of rotatable bonds is 10. The summed E-state index contributed by atoms with van der Waals surface area (Å²) >= 11 is 0. The lowest BCUT2D eigenvalue weighted by atomic mass is 9.79. The minimum atomic E-state index is -0.146. The van der Waals surface area contributed by atoms with Gasteiger partial charge in [0.2, 0.25) is 0 Å². The van der Waals surface area contributed by atoms with Gasteiger partial charge >= 0.3 is 0 Å².